The summed E-state index contributed by atoms with van der Waals surface area (Å²) < 4.78 is 14.3. The van der Waals surface area contributed by atoms with Gasteiger partial charge in [0.1, 0.15) is 5.67 Å². The van der Waals surface area contributed by atoms with Crippen LogP contribution >= 0.6 is 0 Å². The molecular weight excluding hydrogens is 179 g/mol. The fourth-order valence-electron chi connectivity index (χ4n) is 1.88. The molecule has 2 rings (SSSR count). The third-order valence-electron chi connectivity index (χ3n) is 2.78. The van der Waals surface area contributed by atoms with Crippen LogP contribution in [0.1, 0.15) is 17.5 Å². The molecule has 1 aromatic carbocycles. The standard InChI is InChI=1S/C11H15FN2/c12-11(4-5-14-8-11)10-3-1-2-9(6-10)7-13/h1-3,6,14H,4-5,7-8,13H2. The van der Waals surface area contributed by atoms with Crippen molar-refractivity contribution in [1.82, 2.24) is 5.32 Å². The first-order valence-electron chi connectivity index (χ1n) is 4.94. The van der Waals surface area contributed by atoms with E-state index in [1.54, 1.807) is 0 Å². The minimum absolute atomic E-state index is 0.418. The largest absolute Gasteiger partial charge is 0.326 e. The van der Waals surface area contributed by atoms with E-state index in [0.717, 1.165) is 17.7 Å². The molecule has 1 unspecified atom stereocenters. The smallest absolute Gasteiger partial charge is 0.149 e. The lowest BCUT2D eigenvalue weighted by Gasteiger charge is -2.19. The van der Waals surface area contributed by atoms with Crippen molar-refractivity contribution in [3.63, 3.8) is 0 Å². The number of benzene rings is 1. The molecule has 0 aromatic heterocycles. The quantitative estimate of drug-likeness (QED) is 0.744. The van der Waals surface area contributed by atoms with Crippen molar-refractivity contribution in [1.29, 1.82) is 0 Å². The Kier molecular flexibility index (Phi) is 2.52. The number of nitrogens with two attached hydrogens (primary N) is 1. The van der Waals surface area contributed by atoms with Gasteiger partial charge in [-0.3, -0.25) is 0 Å². The molecule has 1 fully saturated rings. The fourth-order valence-corrected chi connectivity index (χ4v) is 1.88. The highest BCUT2D eigenvalue weighted by Crippen LogP contribution is 2.32. The summed E-state index contributed by atoms with van der Waals surface area (Å²) in [6, 6.07) is 7.51. The molecule has 1 heterocycles. The first kappa shape index (κ1) is 9.62. The van der Waals surface area contributed by atoms with Crippen LogP contribution in [0.2, 0.25) is 0 Å². The molecule has 1 aromatic rings. The molecule has 1 saturated heterocycles. The van der Waals surface area contributed by atoms with E-state index >= 15 is 0 Å². The van der Waals surface area contributed by atoms with Crippen molar-refractivity contribution in [3.05, 3.63) is 35.4 Å². The van der Waals surface area contributed by atoms with Gasteiger partial charge < -0.3 is 11.1 Å². The van der Waals surface area contributed by atoms with Gasteiger partial charge in [-0.25, -0.2) is 4.39 Å². The van der Waals surface area contributed by atoms with Crippen molar-refractivity contribution in [2.24, 2.45) is 5.73 Å². The maximum Gasteiger partial charge on any atom is 0.149 e. The number of rotatable bonds is 2. The summed E-state index contributed by atoms with van der Waals surface area (Å²) in [5.41, 5.74) is 6.08. The Bertz CT molecular complexity index is 319. The molecule has 0 radical (unpaired) electrons. The van der Waals surface area contributed by atoms with Crippen LogP contribution in [0.3, 0.4) is 0 Å². The summed E-state index contributed by atoms with van der Waals surface area (Å²) in [5.74, 6) is 0. The monoisotopic (exact) mass is 194 g/mol. The SMILES string of the molecule is NCc1cccc(C2(F)CCNC2)c1. The number of hydrogen-bond donors (Lipinski definition) is 2. The third-order valence-corrected chi connectivity index (χ3v) is 2.78. The Morgan fingerprint density at radius 3 is 3.00 bits per heavy atom. The van der Waals surface area contributed by atoms with Crippen LogP contribution in [-0.4, -0.2) is 13.1 Å². The van der Waals surface area contributed by atoms with Gasteiger partial charge in [0.25, 0.3) is 0 Å². The van der Waals surface area contributed by atoms with Gasteiger partial charge in [-0.2, -0.15) is 0 Å². The Morgan fingerprint density at radius 1 is 1.50 bits per heavy atom. The van der Waals surface area contributed by atoms with Gasteiger partial charge in [0.15, 0.2) is 0 Å². The number of nitrogens with one attached hydrogen (secondary N) is 1. The second kappa shape index (κ2) is 3.67. The Morgan fingerprint density at radius 2 is 2.36 bits per heavy atom. The molecule has 0 spiro atoms. The second-order valence-electron chi connectivity index (χ2n) is 3.80. The molecular formula is C11H15FN2. The molecule has 0 aliphatic carbocycles. The number of halogens is 1. The van der Waals surface area contributed by atoms with Crippen LogP contribution in [0, 0.1) is 0 Å². The third kappa shape index (κ3) is 1.65. The Labute approximate surface area is 83.3 Å². The zero-order valence-electron chi connectivity index (χ0n) is 8.09. The maximum atomic E-state index is 14.3. The van der Waals surface area contributed by atoms with E-state index in [0.29, 0.717) is 19.5 Å². The molecule has 2 nitrogen and oxygen atoms in total. The van der Waals surface area contributed by atoms with Crippen molar-refractivity contribution in [3.8, 4) is 0 Å². The predicted octanol–water partition coefficient (Wildman–Crippen LogP) is 1.30. The van der Waals surface area contributed by atoms with Gasteiger partial charge in [-0.15, -0.1) is 0 Å². The van der Waals surface area contributed by atoms with E-state index in [4.69, 9.17) is 5.73 Å². The molecule has 0 saturated carbocycles. The first-order chi connectivity index (χ1) is 6.74. The predicted molar refractivity (Wildman–Crippen MR) is 54.6 cm³/mol. The van der Waals surface area contributed by atoms with Crippen LogP contribution in [0.4, 0.5) is 4.39 Å². The molecule has 14 heavy (non-hydrogen) atoms. The Hall–Kier alpha value is -0.930. The summed E-state index contributed by atoms with van der Waals surface area (Å²) in [6.07, 6.45) is 0.557. The molecule has 3 N–H and O–H groups in total. The zero-order chi connectivity index (χ0) is 10.0. The van der Waals surface area contributed by atoms with E-state index in [1.807, 2.05) is 24.3 Å². The lowest BCUT2D eigenvalue weighted by Crippen LogP contribution is -2.23. The molecule has 0 amide bonds. The summed E-state index contributed by atoms with van der Waals surface area (Å²) in [4.78, 5) is 0. The van der Waals surface area contributed by atoms with Crippen LogP contribution in [0.25, 0.3) is 0 Å². The highest BCUT2D eigenvalue weighted by atomic mass is 19.1. The average molecular weight is 194 g/mol. The van der Waals surface area contributed by atoms with E-state index in [9.17, 15) is 4.39 Å². The molecule has 3 heteroatoms. The molecule has 76 valence electrons. The van der Waals surface area contributed by atoms with Crippen LogP contribution in [0.5, 0.6) is 0 Å². The number of hydrogen-bond acceptors (Lipinski definition) is 2. The van der Waals surface area contributed by atoms with Gasteiger partial charge in [-0.1, -0.05) is 24.3 Å². The van der Waals surface area contributed by atoms with Crippen LogP contribution in [0.15, 0.2) is 24.3 Å². The van der Waals surface area contributed by atoms with E-state index in [-0.39, 0.29) is 0 Å². The molecule has 0 bridgehead atoms. The number of alkyl halides is 1. The van der Waals surface area contributed by atoms with Gasteiger partial charge in [0.05, 0.1) is 0 Å². The highest BCUT2D eigenvalue weighted by Gasteiger charge is 2.35. The highest BCUT2D eigenvalue weighted by molar-refractivity contribution is 5.29. The fraction of sp³-hybridized carbons (Fsp3) is 0.455. The first-order valence-corrected chi connectivity index (χ1v) is 4.94. The lowest BCUT2D eigenvalue weighted by atomic mass is 9.93. The summed E-state index contributed by atoms with van der Waals surface area (Å²) in [6.45, 7) is 1.64. The second-order valence-corrected chi connectivity index (χ2v) is 3.80. The summed E-state index contributed by atoms with van der Waals surface area (Å²) in [5, 5.41) is 3.04. The van der Waals surface area contributed by atoms with E-state index in [2.05, 4.69) is 5.32 Å². The van der Waals surface area contributed by atoms with Crippen molar-refractivity contribution < 1.29 is 4.39 Å². The Balaban J connectivity index is 2.30. The van der Waals surface area contributed by atoms with Crippen molar-refractivity contribution in [2.45, 2.75) is 18.6 Å². The molecule has 1 aliphatic heterocycles. The lowest BCUT2D eigenvalue weighted by molar-refractivity contribution is 0.193. The molecule has 1 aliphatic rings. The van der Waals surface area contributed by atoms with Crippen LogP contribution < -0.4 is 11.1 Å². The summed E-state index contributed by atoms with van der Waals surface area (Å²) in [7, 11) is 0. The van der Waals surface area contributed by atoms with E-state index < -0.39 is 5.67 Å². The van der Waals surface area contributed by atoms with Crippen LogP contribution in [-0.2, 0) is 12.2 Å². The maximum absolute atomic E-state index is 14.3. The van der Waals surface area contributed by atoms with E-state index in [1.165, 1.54) is 0 Å². The van der Waals surface area contributed by atoms with Gasteiger partial charge in [0.2, 0.25) is 0 Å². The minimum atomic E-state index is -1.19. The zero-order valence-corrected chi connectivity index (χ0v) is 8.09. The van der Waals surface area contributed by atoms with Gasteiger partial charge >= 0.3 is 0 Å². The normalized spacial score (nSPS) is 26.7. The summed E-state index contributed by atoms with van der Waals surface area (Å²) >= 11 is 0. The topological polar surface area (TPSA) is 38.0 Å². The minimum Gasteiger partial charge on any atom is -0.326 e. The van der Waals surface area contributed by atoms with Gasteiger partial charge in [-0.05, 0) is 24.1 Å². The average Bonchev–Trinajstić information content (AvgIpc) is 2.67. The molecule has 1 atom stereocenters. The van der Waals surface area contributed by atoms with Gasteiger partial charge in [0, 0.05) is 13.1 Å². The van der Waals surface area contributed by atoms with Crippen molar-refractivity contribution >= 4 is 0 Å². The van der Waals surface area contributed by atoms with Crippen molar-refractivity contribution in [2.75, 3.05) is 13.1 Å².